The molecule has 3 aromatic carbocycles. The predicted molar refractivity (Wildman–Crippen MR) is 199 cm³/mol. The molecule has 0 aliphatic carbocycles. The molecule has 1 fully saturated rings. The molecular weight excluding hydrogens is 609 g/mol. The van der Waals surface area contributed by atoms with Crippen LogP contribution in [0.3, 0.4) is 0 Å². The van der Waals surface area contributed by atoms with Crippen LogP contribution < -0.4 is 10.9 Å². The van der Waals surface area contributed by atoms with Gasteiger partial charge in [-0.1, -0.05) is 96.6 Å². The van der Waals surface area contributed by atoms with E-state index in [2.05, 4.69) is 60.7 Å². The third-order valence-corrected chi connectivity index (χ3v) is 7.84. The normalized spacial score (nSPS) is 14.4. The third kappa shape index (κ3) is 17.2. The largest absolute Gasteiger partial charge is 0.638 e. The lowest BCUT2D eigenvalue weighted by Crippen LogP contribution is -2.44. The van der Waals surface area contributed by atoms with Crippen LogP contribution in [0, 0.1) is 6.92 Å². The maximum Gasteiger partial charge on any atom is 0.638 e. The van der Waals surface area contributed by atoms with Crippen LogP contribution in [-0.4, -0.2) is 89.7 Å². The Balaban J connectivity index is 0.000000599. The van der Waals surface area contributed by atoms with Gasteiger partial charge in [-0.25, -0.2) is 0 Å². The fourth-order valence-electron chi connectivity index (χ4n) is 3.39. The molecule has 1 aliphatic heterocycles. The van der Waals surface area contributed by atoms with Crippen molar-refractivity contribution in [2.75, 3.05) is 35.5 Å². The Bertz CT molecular complexity index is 1160. The highest BCUT2D eigenvalue weighted by Crippen LogP contribution is 2.36. The van der Waals surface area contributed by atoms with Gasteiger partial charge in [-0.3, -0.25) is 0 Å². The van der Waals surface area contributed by atoms with E-state index in [1.54, 1.807) is 41.9 Å². The summed E-state index contributed by atoms with van der Waals surface area (Å²) in [6.45, 7) is 16.7. The lowest BCUT2D eigenvalue weighted by molar-refractivity contribution is -0.107. The predicted octanol–water partition coefficient (Wildman–Crippen LogP) is 5.09. The van der Waals surface area contributed by atoms with E-state index < -0.39 is 18.5 Å². The summed E-state index contributed by atoms with van der Waals surface area (Å²) < 4.78 is 35.8. The van der Waals surface area contributed by atoms with Crippen molar-refractivity contribution in [2.24, 2.45) is 0 Å². The summed E-state index contributed by atoms with van der Waals surface area (Å²) in [5, 5.41) is 18.2. The molecule has 4 rings (SSSR count). The molecule has 12 heteroatoms. The fraction of sp³-hybridized carbons (Fsp3) is 0.500. The average molecular weight is 668 g/mol. The van der Waals surface area contributed by atoms with Gasteiger partial charge in [0.25, 0.3) is 0 Å². The van der Waals surface area contributed by atoms with Crippen molar-refractivity contribution in [1.29, 1.82) is 0 Å². The summed E-state index contributed by atoms with van der Waals surface area (Å²) >= 11 is 0. The van der Waals surface area contributed by atoms with E-state index >= 15 is 0 Å². The summed E-state index contributed by atoms with van der Waals surface area (Å²) in [4.78, 5) is 0. The van der Waals surface area contributed by atoms with E-state index in [9.17, 15) is 0 Å². The highest BCUT2D eigenvalue weighted by molar-refractivity contribution is 6.62. The standard InChI is InChI=1S/C12H17BO2.C8H11BO2.C7H8.C6H14O2.C3H9BO3/c1-11(2)12(3,4)15-13(14-11)10-8-6-5-7-9-10;1-10-9(11-2)8-6-4-3-5-7-8;1-7-5-3-2-4-6-7;1-5(2,7)6(3,4)8;1-5-4(6-2)7-3/h5-9H,1-4H3;3-7H,1-2H3;2-6H,1H3;7-8H,1-4H3;1-3H3. The third-order valence-electron chi connectivity index (χ3n) is 7.84. The first-order valence-corrected chi connectivity index (χ1v) is 15.9. The van der Waals surface area contributed by atoms with Crippen molar-refractivity contribution in [1.82, 2.24) is 0 Å². The van der Waals surface area contributed by atoms with Crippen molar-refractivity contribution in [3.05, 3.63) is 96.6 Å². The minimum atomic E-state index is -1.01. The molecule has 0 saturated carbocycles. The maximum absolute atomic E-state index is 9.10. The molecule has 0 radical (unpaired) electrons. The summed E-state index contributed by atoms with van der Waals surface area (Å²) in [7, 11) is 6.79. The first-order chi connectivity index (χ1) is 22.3. The Labute approximate surface area is 291 Å². The zero-order chi connectivity index (χ0) is 37.0. The van der Waals surface area contributed by atoms with Gasteiger partial charge in [-0.15, -0.1) is 0 Å². The summed E-state index contributed by atoms with van der Waals surface area (Å²) in [6.07, 6.45) is 0. The SMILES string of the molecule is CC(C)(O)C(C)(C)O.CC1(C)OB(c2ccccc2)OC1(C)C.COB(OC)OC.COB(OC)c1ccccc1.Cc1ccccc1. The summed E-state index contributed by atoms with van der Waals surface area (Å²) in [6, 6.07) is 30.1. The van der Waals surface area contributed by atoms with Crippen LogP contribution in [0.5, 0.6) is 0 Å². The first kappa shape index (κ1) is 45.5. The van der Waals surface area contributed by atoms with Crippen LogP contribution in [0.15, 0.2) is 91.0 Å². The Morgan fingerprint density at radius 1 is 0.562 bits per heavy atom. The van der Waals surface area contributed by atoms with Gasteiger partial charge in [0.05, 0.1) is 22.4 Å². The van der Waals surface area contributed by atoms with Gasteiger partial charge < -0.3 is 42.8 Å². The van der Waals surface area contributed by atoms with E-state index in [1.807, 2.05) is 78.9 Å². The van der Waals surface area contributed by atoms with Gasteiger partial charge in [-0.2, -0.15) is 0 Å². The number of aryl methyl sites for hydroxylation is 1. The van der Waals surface area contributed by atoms with E-state index in [1.165, 1.54) is 26.9 Å². The van der Waals surface area contributed by atoms with Crippen molar-refractivity contribution >= 4 is 32.5 Å². The minimum Gasteiger partial charge on any atom is -0.410 e. The van der Waals surface area contributed by atoms with Crippen LogP contribution in [-0.2, 0) is 32.6 Å². The Kier molecular flexibility index (Phi) is 21.1. The monoisotopic (exact) mass is 668 g/mol. The topological polar surface area (TPSA) is 105 Å². The molecular formula is C36H59B3O9. The van der Waals surface area contributed by atoms with E-state index in [0.29, 0.717) is 0 Å². The number of rotatable bonds is 8. The van der Waals surface area contributed by atoms with Gasteiger partial charge >= 0.3 is 21.6 Å². The molecule has 0 aromatic heterocycles. The average Bonchev–Trinajstić information content (AvgIpc) is 3.26. The summed E-state index contributed by atoms with van der Waals surface area (Å²) in [5.74, 6) is 0. The van der Waals surface area contributed by atoms with Crippen LogP contribution >= 0.6 is 0 Å². The van der Waals surface area contributed by atoms with Gasteiger partial charge in [0.1, 0.15) is 0 Å². The number of benzene rings is 3. The number of hydrogen-bond acceptors (Lipinski definition) is 9. The number of hydrogen-bond donors (Lipinski definition) is 2. The molecule has 1 aliphatic rings. The molecule has 266 valence electrons. The Hall–Kier alpha value is -2.51. The molecule has 0 amide bonds. The fourth-order valence-corrected chi connectivity index (χ4v) is 3.39. The zero-order valence-corrected chi connectivity index (χ0v) is 31.6. The molecule has 48 heavy (non-hydrogen) atoms. The molecule has 1 saturated heterocycles. The molecule has 1 heterocycles. The molecule has 0 spiro atoms. The van der Waals surface area contributed by atoms with Gasteiger partial charge in [-0.05, 0) is 73.2 Å². The highest BCUT2D eigenvalue weighted by Gasteiger charge is 2.51. The molecule has 0 atom stereocenters. The van der Waals surface area contributed by atoms with Crippen molar-refractivity contribution < 1.29 is 42.8 Å². The Morgan fingerprint density at radius 2 is 0.896 bits per heavy atom. The first-order valence-electron chi connectivity index (χ1n) is 15.9. The van der Waals surface area contributed by atoms with Gasteiger partial charge in [0.15, 0.2) is 0 Å². The lowest BCUT2D eigenvalue weighted by Gasteiger charge is -2.32. The minimum absolute atomic E-state index is 0.240. The molecule has 2 N–H and O–H groups in total. The Morgan fingerprint density at radius 3 is 1.15 bits per heavy atom. The number of aliphatic hydroxyl groups is 2. The van der Waals surface area contributed by atoms with Crippen LogP contribution in [0.25, 0.3) is 0 Å². The maximum atomic E-state index is 9.10. The second kappa shape index (κ2) is 22.3. The second-order valence-corrected chi connectivity index (χ2v) is 13.0. The molecule has 0 bridgehead atoms. The molecule has 3 aromatic rings. The van der Waals surface area contributed by atoms with Gasteiger partial charge in [0, 0.05) is 35.5 Å². The zero-order valence-electron chi connectivity index (χ0n) is 31.6. The van der Waals surface area contributed by atoms with Crippen molar-refractivity contribution in [2.45, 2.75) is 84.7 Å². The van der Waals surface area contributed by atoms with Crippen LogP contribution in [0.2, 0.25) is 0 Å². The molecule has 0 unspecified atom stereocenters. The van der Waals surface area contributed by atoms with Crippen molar-refractivity contribution in [3.8, 4) is 0 Å². The van der Waals surface area contributed by atoms with E-state index in [4.69, 9.17) is 28.8 Å². The van der Waals surface area contributed by atoms with Crippen molar-refractivity contribution in [3.63, 3.8) is 0 Å². The van der Waals surface area contributed by atoms with Gasteiger partial charge in [0.2, 0.25) is 0 Å². The highest BCUT2D eigenvalue weighted by atomic mass is 16.7. The lowest BCUT2D eigenvalue weighted by atomic mass is 9.79. The van der Waals surface area contributed by atoms with Crippen LogP contribution in [0.4, 0.5) is 0 Å². The van der Waals surface area contributed by atoms with E-state index in [0.717, 1.165) is 10.9 Å². The second-order valence-electron chi connectivity index (χ2n) is 13.0. The van der Waals surface area contributed by atoms with E-state index in [-0.39, 0.29) is 25.4 Å². The summed E-state index contributed by atoms with van der Waals surface area (Å²) in [5.41, 5.74) is 0.914. The quantitative estimate of drug-likeness (QED) is 0.318. The molecule has 9 nitrogen and oxygen atoms in total. The van der Waals surface area contributed by atoms with Crippen LogP contribution in [0.1, 0.15) is 61.0 Å². The smallest absolute Gasteiger partial charge is 0.410 e.